The Bertz CT molecular complexity index is 612. The molecule has 1 N–H and O–H groups in total. The van der Waals surface area contributed by atoms with Crippen LogP contribution in [0.15, 0.2) is 30.3 Å². The van der Waals surface area contributed by atoms with Crippen LogP contribution >= 0.6 is 0 Å². The third-order valence-corrected chi connectivity index (χ3v) is 3.20. The van der Waals surface area contributed by atoms with Crippen molar-refractivity contribution in [1.82, 2.24) is 10.4 Å². The summed E-state index contributed by atoms with van der Waals surface area (Å²) >= 11 is 0. The van der Waals surface area contributed by atoms with Gasteiger partial charge in [0.2, 0.25) is 5.91 Å². The molecule has 1 rings (SSSR count). The van der Waals surface area contributed by atoms with Crippen molar-refractivity contribution in [3.05, 3.63) is 35.9 Å². The largest absolute Gasteiger partial charge is 0.459 e. The highest BCUT2D eigenvalue weighted by Gasteiger charge is 2.29. The molecule has 1 aromatic rings. The molecule has 0 saturated carbocycles. The minimum absolute atomic E-state index is 0.0283. The molecule has 8 nitrogen and oxygen atoms in total. The number of hydrogen-bond donors (Lipinski definition) is 1. The minimum Gasteiger partial charge on any atom is -0.459 e. The Morgan fingerprint density at radius 2 is 1.77 bits per heavy atom. The predicted molar refractivity (Wildman–Crippen MR) is 93.8 cm³/mol. The van der Waals surface area contributed by atoms with Gasteiger partial charge in [0, 0.05) is 7.05 Å². The van der Waals surface area contributed by atoms with Crippen molar-refractivity contribution >= 4 is 18.0 Å². The SMILES string of the molecule is CON(C)C(=O)CC(NC(=O)OC(C)(C)C)C(=O)OCc1ccccc1. The lowest BCUT2D eigenvalue weighted by Crippen LogP contribution is -2.46. The van der Waals surface area contributed by atoms with Gasteiger partial charge in [0.05, 0.1) is 13.5 Å². The fourth-order valence-corrected chi connectivity index (χ4v) is 1.88. The molecular formula is C18H26N2O6. The number of benzene rings is 1. The van der Waals surface area contributed by atoms with Crippen LogP contribution in [0.25, 0.3) is 0 Å². The molecule has 1 atom stereocenters. The Balaban J connectivity index is 2.76. The second kappa shape index (κ2) is 9.76. The van der Waals surface area contributed by atoms with E-state index in [0.29, 0.717) is 0 Å². The zero-order valence-electron chi connectivity index (χ0n) is 15.8. The molecule has 0 bridgehead atoms. The highest BCUT2D eigenvalue weighted by Crippen LogP contribution is 2.09. The van der Waals surface area contributed by atoms with Gasteiger partial charge < -0.3 is 14.8 Å². The van der Waals surface area contributed by atoms with Crippen LogP contribution in [-0.4, -0.2) is 48.8 Å². The van der Waals surface area contributed by atoms with Crippen molar-refractivity contribution in [1.29, 1.82) is 0 Å². The fraction of sp³-hybridized carbons (Fsp3) is 0.500. The molecular weight excluding hydrogens is 340 g/mol. The van der Waals surface area contributed by atoms with Gasteiger partial charge in [0.15, 0.2) is 0 Å². The summed E-state index contributed by atoms with van der Waals surface area (Å²) in [6.45, 7) is 5.11. The number of ether oxygens (including phenoxy) is 2. The molecule has 1 aromatic carbocycles. The van der Waals surface area contributed by atoms with Gasteiger partial charge in [0.1, 0.15) is 18.2 Å². The molecule has 0 aromatic heterocycles. The third kappa shape index (κ3) is 7.98. The fourth-order valence-electron chi connectivity index (χ4n) is 1.88. The van der Waals surface area contributed by atoms with Gasteiger partial charge in [-0.25, -0.2) is 14.7 Å². The molecule has 0 fully saturated rings. The molecule has 0 aliphatic heterocycles. The van der Waals surface area contributed by atoms with Gasteiger partial charge in [-0.1, -0.05) is 30.3 Å². The van der Waals surface area contributed by atoms with Crippen LogP contribution in [0.2, 0.25) is 0 Å². The highest BCUT2D eigenvalue weighted by molar-refractivity contribution is 5.87. The van der Waals surface area contributed by atoms with Crippen molar-refractivity contribution in [2.75, 3.05) is 14.2 Å². The second-order valence-corrected chi connectivity index (χ2v) is 6.57. The average molecular weight is 366 g/mol. The number of nitrogens with one attached hydrogen (secondary N) is 1. The van der Waals surface area contributed by atoms with Crippen LogP contribution in [0.3, 0.4) is 0 Å². The van der Waals surface area contributed by atoms with Gasteiger partial charge in [-0.3, -0.25) is 9.63 Å². The Kier molecular flexibility index (Phi) is 8.05. The number of alkyl carbamates (subject to hydrolysis) is 1. The van der Waals surface area contributed by atoms with Gasteiger partial charge in [0.25, 0.3) is 0 Å². The van der Waals surface area contributed by atoms with Crippen LogP contribution < -0.4 is 5.32 Å². The molecule has 26 heavy (non-hydrogen) atoms. The van der Waals surface area contributed by atoms with Gasteiger partial charge in [-0.2, -0.15) is 0 Å². The average Bonchev–Trinajstić information content (AvgIpc) is 2.57. The zero-order chi connectivity index (χ0) is 19.7. The third-order valence-electron chi connectivity index (χ3n) is 3.20. The lowest BCUT2D eigenvalue weighted by molar-refractivity contribution is -0.171. The van der Waals surface area contributed by atoms with Crippen molar-refractivity contribution < 1.29 is 28.7 Å². The molecule has 144 valence electrons. The number of esters is 1. The first kappa shape index (κ1) is 21.4. The van der Waals surface area contributed by atoms with E-state index >= 15 is 0 Å². The maximum atomic E-state index is 12.4. The predicted octanol–water partition coefficient (Wildman–Crippen LogP) is 2.03. The van der Waals surface area contributed by atoms with E-state index in [2.05, 4.69) is 5.32 Å². The molecule has 0 aliphatic rings. The Morgan fingerprint density at radius 1 is 1.15 bits per heavy atom. The summed E-state index contributed by atoms with van der Waals surface area (Å²) in [4.78, 5) is 41.2. The standard InChI is InChI=1S/C18H26N2O6/c1-18(2,3)26-17(23)19-14(11-15(21)20(4)24-5)16(22)25-12-13-9-7-6-8-10-13/h6-10,14H,11-12H2,1-5H3,(H,19,23). The summed E-state index contributed by atoms with van der Waals surface area (Å²) in [6, 6.07) is 7.88. The van der Waals surface area contributed by atoms with Crippen LogP contribution in [0.4, 0.5) is 4.79 Å². The number of rotatable bonds is 7. The lowest BCUT2D eigenvalue weighted by Gasteiger charge is -2.23. The summed E-state index contributed by atoms with van der Waals surface area (Å²) < 4.78 is 10.4. The second-order valence-electron chi connectivity index (χ2n) is 6.57. The number of amides is 2. The topological polar surface area (TPSA) is 94.2 Å². The van der Waals surface area contributed by atoms with Crippen LogP contribution in [-0.2, 0) is 30.5 Å². The van der Waals surface area contributed by atoms with Crippen molar-refractivity contribution in [3.63, 3.8) is 0 Å². The van der Waals surface area contributed by atoms with E-state index in [-0.39, 0.29) is 13.0 Å². The molecule has 1 unspecified atom stereocenters. The van der Waals surface area contributed by atoms with Gasteiger partial charge in [-0.15, -0.1) is 0 Å². The summed E-state index contributed by atoms with van der Waals surface area (Å²) in [5, 5.41) is 3.35. The number of carbonyl (C=O) groups is 3. The van der Waals surface area contributed by atoms with Crippen LogP contribution in [0.1, 0.15) is 32.8 Å². The van der Waals surface area contributed by atoms with Gasteiger partial charge >= 0.3 is 12.1 Å². The van der Waals surface area contributed by atoms with E-state index in [1.807, 2.05) is 18.2 Å². The van der Waals surface area contributed by atoms with E-state index in [4.69, 9.17) is 14.3 Å². The van der Waals surface area contributed by atoms with Gasteiger partial charge in [-0.05, 0) is 26.3 Å². The molecule has 0 radical (unpaired) electrons. The first-order chi connectivity index (χ1) is 12.1. The smallest absolute Gasteiger partial charge is 0.408 e. The van der Waals surface area contributed by atoms with Crippen molar-refractivity contribution in [3.8, 4) is 0 Å². The van der Waals surface area contributed by atoms with E-state index in [9.17, 15) is 14.4 Å². The Hall–Kier alpha value is -2.61. The van der Waals surface area contributed by atoms with E-state index in [1.54, 1.807) is 32.9 Å². The minimum atomic E-state index is -1.20. The molecule has 0 heterocycles. The molecule has 0 aliphatic carbocycles. The van der Waals surface area contributed by atoms with E-state index in [0.717, 1.165) is 10.6 Å². The highest BCUT2D eigenvalue weighted by atomic mass is 16.7. The maximum absolute atomic E-state index is 12.4. The quantitative estimate of drug-likeness (QED) is 0.586. The summed E-state index contributed by atoms with van der Waals surface area (Å²) in [5.41, 5.74) is 0.0489. The summed E-state index contributed by atoms with van der Waals surface area (Å²) in [6.07, 6.45) is -1.14. The summed E-state index contributed by atoms with van der Waals surface area (Å²) in [5.74, 6) is -1.23. The molecule has 0 spiro atoms. The number of carbonyl (C=O) groups excluding carboxylic acids is 3. The first-order valence-corrected chi connectivity index (χ1v) is 8.13. The van der Waals surface area contributed by atoms with Crippen molar-refractivity contribution in [2.24, 2.45) is 0 Å². The lowest BCUT2D eigenvalue weighted by atomic mass is 10.2. The van der Waals surface area contributed by atoms with E-state index in [1.165, 1.54) is 14.2 Å². The molecule has 2 amide bonds. The molecule has 0 saturated heterocycles. The van der Waals surface area contributed by atoms with E-state index < -0.39 is 29.6 Å². The number of nitrogens with zero attached hydrogens (tertiary/aromatic N) is 1. The number of hydroxylamine groups is 2. The maximum Gasteiger partial charge on any atom is 0.408 e. The zero-order valence-corrected chi connectivity index (χ0v) is 15.8. The Morgan fingerprint density at radius 3 is 2.31 bits per heavy atom. The normalized spacial score (nSPS) is 12.0. The molecule has 8 heteroatoms. The Labute approximate surface area is 153 Å². The number of hydrogen-bond acceptors (Lipinski definition) is 6. The first-order valence-electron chi connectivity index (χ1n) is 8.13. The van der Waals surface area contributed by atoms with Crippen LogP contribution in [0, 0.1) is 0 Å². The monoisotopic (exact) mass is 366 g/mol. The van der Waals surface area contributed by atoms with Crippen molar-refractivity contribution in [2.45, 2.75) is 45.4 Å². The summed E-state index contributed by atoms with van der Waals surface area (Å²) in [7, 11) is 2.73. The van der Waals surface area contributed by atoms with Crippen LogP contribution in [0.5, 0.6) is 0 Å².